The fourth-order valence-corrected chi connectivity index (χ4v) is 4.76. The van der Waals surface area contributed by atoms with Crippen LogP contribution in [0.5, 0.6) is 0 Å². The number of hydrogen-bond donors (Lipinski definition) is 0. The maximum absolute atomic E-state index is 5.49. The van der Waals surface area contributed by atoms with E-state index in [0.717, 1.165) is 16.8 Å². The molecule has 0 saturated heterocycles. The SMILES string of the molecule is CCN(CC1CCCC(Br)C1)C1CCC(OC)CC1. The van der Waals surface area contributed by atoms with Gasteiger partial charge in [-0.3, -0.25) is 0 Å². The molecule has 0 aromatic rings. The van der Waals surface area contributed by atoms with E-state index in [1.165, 1.54) is 64.5 Å². The summed E-state index contributed by atoms with van der Waals surface area (Å²) in [6.45, 7) is 4.86. The number of methoxy groups -OCH3 is 1. The summed E-state index contributed by atoms with van der Waals surface area (Å²) < 4.78 is 5.49. The van der Waals surface area contributed by atoms with Crippen LogP contribution in [0.2, 0.25) is 0 Å². The molecule has 3 heteroatoms. The van der Waals surface area contributed by atoms with Gasteiger partial charge in [0.15, 0.2) is 0 Å². The first kappa shape index (κ1) is 15.8. The number of ether oxygens (including phenoxy) is 1. The summed E-state index contributed by atoms with van der Waals surface area (Å²) in [7, 11) is 1.86. The number of alkyl halides is 1. The molecule has 0 aromatic heterocycles. The monoisotopic (exact) mass is 331 g/mol. The summed E-state index contributed by atoms with van der Waals surface area (Å²) in [6.07, 6.45) is 11.3. The van der Waals surface area contributed by atoms with Crippen molar-refractivity contribution in [2.75, 3.05) is 20.2 Å². The van der Waals surface area contributed by atoms with Crippen LogP contribution < -0.4 is 0 Å². The Morgan fingerprint density at radius 2 is 1.84 bits per heavy atom. The van der Waals surface area contributed by atoms with Gasteiger partial charge in [0, 0.05) is 24.5 Å². The average Bonchev–Trinajstić information content (AvgIpc) is 2.45. The Kier molecular flexibility index (Phi) is 6.64. The lowest BCUT2D eigenvalue weighted by atomic mass is 9.87. The summed E-state index contributed by atoms with van der Waals surface area (Å²) in [6, 6.07) is 0.812. The standard InChI is InChI=1S/C16H30BrNO/c1-3-18(12-13-5-4-6-14(17)11-13)15-7-9-16(19-2)10-8-15/h13-16H,3-12H2,1-2H3. The van der Waals surface area contributed by atoms with Gasteiger partial charge in [-0.15, -0.1) is 0 Å². The van der Waals surface area contributed by atoms with Crippen LogP contribution in [0, 0.1) is 5.92 Å². The van der Waals surface area contributed by atoms with E-state index in [-0.39, 0.29) is 0 Å². The van der Waals surface area contributed by atoms with Crippen LogP contribution >= 0.6 is 15.9 Å². The number of hydrogen-bond acceptors (Lipinski definition) is 2. The Morgan fingerprint density at radius 1 is 1.11 bits per heavy atom. The molecule has 0 amide bonds. The van der Waals surface area contributed by atoms with Crippen LogP contribution in [0.25, 0.3) is 0 Å². The van der Waals surface area contributed by atoms with Gasteiger partial charge < -0.3 is 9.64 Å². The molecule has 19 heavy (non-hydrogen) atoms. The van der Waals surface area contributed by atoms with E-state index in [2.05, 4.69) is 27.8 Å². The first-order valence-electron chi connectivity index (χ1n) is 8.13. The highest BCUT2D eigenvalue weighted by atomic mass is 79.9. The molecule has 0 N–H and O–H groups in total. The lowest BCUT2D eigenvalue weighted by Crippen LogP contribution is -2.42. The van der Waals surface area contributed by atoms with Crippen LogP contribution in [0.3, 0.4) is 0 Å². The second-order valence-electron chi connectivity index (χ2n) is 6.38. The molecule has 2 aliphatic carbocycles. The molecule has 112 valence electrons. The van der Waals surface area contributed by atoms with Crippen LogP contribution in [-0.2, 0) is 4.74 Å². The van der Waals surface area contributed by atoms with Crippen LogP contribution in [0.1, 0.15) is 58.3 Å². The minimum absolute atomic E-state index is 0.525. The van der Waals surface area contributed by atoms with E-state index in [9.17, 15) is 0 Å². The summed E-state index contributed by atoms with van der Waals surface area (Å²) in [4.78, 5) is 3.52. The molecule has 2 rings (SSSR count). The molecule has 0 heterocycles. The highest BCUT2D eigenvalue weighted by Gasteiger charge is 2.28. The molecule has 0 aromatic carbocycles. The molecule has 2 nitrogen and oxygen atoms in total. The van der Waals surface area contributed by atoms with Crippen LogP contribution in [0.4, 0.5) is 0 Å². The minimum Gasteiger partial charge on any atom is -0.381 e. The Hall–Kier alpha value is 0.400. The third-order valence-electron chi connectivity index (χ3n) is 5.11. The quantitative estimate of drug-likeness (QED) is 0.699. The topological polar surface area (TPSA) is 12.5 Å². The largest absolute Gasteiger partial charge is 0.381 e. The highest BCUT2D eigenvalue weighted by molar-refractivity contribution is 9.09. The zero-order chi connectivity index (χ0) is 13.7. The van der Waals surface area contributed by atoms with E-state index in [1.54, 1.807) is 0 Å². The average molecular weight is 332 g/mol. The second-order valence-corrected chi connectivity index (χ2v) is 7.68. The van der Waals surface area contributed by atoms with Gasteiger partial charge >= 0.3 is 0 Å². The predicted octanol–water partition coefficient (Wildman–Crippen LogP) is 4.22. The highest BCUT2D eigenvalue weighted by Crippen LogP contribution is 2.31. The van der Waals surface area contributed by atoms with Crippen molar-refractivity contribution in [1.82, 2.24) is 4.90 Å². The maximum atomic E-state index is 5.49. The molecule has 0 aliphatic heterocycles. The summed E-state index contributed by atoms with van der Waals surface area (Å²) in [5.74, 6) is 0.915. The zero-order valence-corrected chi connectivity index (χ0v) is 14.2. The number of rotatable bonds is 5. The van der Waals surface area contributed by atoms with Gasteiger partial charge in [-0.1, -0.05) is 29.3 Å². The molecule has 0 spiro atoms. The third kappa shape index (κ3) is 4.71. The second kappa shape index (κ2) is 7.99. The van der Waals surface area contributed by atoms with E-state index in [1.807, 2.05) is 7.11 Å². The first-order chi connectivity index (χ1) is 9.22. The fraction of sp³-hybridized carbons (Fsp3) is 1.00. The smallest absolute Gasteiger partial charge is 0.0572 e. The van der Waals surface area contributed by atoms with Gasteiger partial charge in [0.2, 0.25) is 0 Å². The molecule has 2 aliphatic rings. The number of halogens is 1. The van der Waals surface area contributed by atoms with Gasteiger partial charge in [0.1, 0.15) is 0 Å². The fourth-order valence-electron chi connectivity index (χ4n) is 3.91. The van der Waals surface area contributed by atoms with Crippen LogP contribution in [-0.4, -0.2) is 42.1 Å². The molecule has 2 unspecified atom stereocenters. The normalized spacial score (nSPS) is 36.6. The predicted molar refractivity (Wildman–Crippen MR) is 85.0 cm³/mol. The van der Waals surface area contributed by atoms with Crippen molar-refractivity contribution in [3.8, 4) is 0 Å². The Balaban J connectivity index is 1.79. The molecule has 2 saturated carbocycles. The van der Waals surface area contributed by atoms with Gasteiger partial charge in [-0.2, -0.15) is 0 Å². The summed E-state index contributed by atoms with van der Waals surface area (Å²) in [5, 5.41) is 0. The van der Waals surface area contributed by atoms with E-state index in [4.69, 9.17) is 4.74 Å². The number of nitrogens with zero attached hydrogens (tertiary/aromatic N) is 1. The van der Waals surface area contributed by atoms with Gasteiger partial charge in [-0.05, 0) is 57.4 Å². The van der Waals surface area contributed by atoms with Crippen LogP contribution in [0.15, 0.2) is 0 Å². The van der Waals surface area contributed by atoms with Crippen molar-refractivity contribution in [3.05, 3.63) is 0 Å². The third-order valence-corrected chi connectivity index (χ3v) is 5.94. The molecule has 2 fully saturated rings. The first-order valence-corrected chi connectivity index (χ1v) is 9.05. The van der Waals surface area contributed by atoms with E-state index >= 15 is 0 Å². The van der Waals surface area contributed by atoms with Gasteiger partial charge in [-0.25, -0.2) is 0 Å². The Bertz CT molecular complexity index is 253. The maximum Gasteiger partial charge on any atom is 0.0572 e. The Labute approximate surface area is 127 Å². The van der Waals surface area contributed by atoms with Crippen molar-refractivity contribution < 1.29 is 4.74 Å². The van der Waals surface area contributed by atoms with Crippen molar-refractivity contribution in [3.63, 3.8) is 0 Å². The van der Waals surface area contributed by atoms with Gasteiger partial charge in [0.25, 0.3) is 0 Å². The van der Waals surface area contributed by atoms with E-state index in [0.29, 0.717) is 6.10 Å². The van der Waals surface area contributed by atoms with Gasteiger partial charge in [0.05, 0.1) is 6.10 Å². The summed E-state index contributed by atoms with van der Waals surface area (Å²) >= 11 is 3.82. The Morgan fingerprint density at radius 3 is 2.42 bits per heavy atom. The van der Waals surface area contributed by atoms with Crippen molar-refractivity contribution in [2.45, 2.75) is 75.3 Å². The molecular weight excluding hydrogens is 302 g/mol. The zero-order valence-electron chi connectivity index (χ0n) is 12.6. The summed E-state index contributed by atoms with van der Waals surface area (Å²) in [5.41, 5.74) is 0. The minimum atomic E-state index is 0.525. The molecule has 0 bridgehead atoms. The van der Waals surface area contributed by atoms with Crippen molar-refractivity contribution in [2.24, 2.45) is 5.92 Å². The van der Waals surface area contributed by atoms with Crippen molar-refractivity contribution >= 4 is 15.9 Å². The lowest BCUT2D eigenvalue weighted by molar-refractivity contribution is 0.0343. The van der Waals surface area contributed by atoms with E-state index < -0.39 is 0 Å². The molecule has 0 radical (unpaired) electrons. The lowest BCUT2D eigenvalue weighted by Gasteiger charge is -2.39. The molecular formula is C16H30BrNO. The van der Waals surface area contributed by atoms with Crippen molar-refractivity contribution in [1.29, 1.82) is 0 Å². The molecule has 2 atom stereocenters.